The molecule has 11 heavy (non-hydrogen) atoms. The van der Waals surface area contributed by atoms with Crippen LogP contribution < -0.4 is 4.89 Å². The Hall–Kier alpha value is -0.720. The third-order valence-electron chi connectivity index (χ3n) is 0.918. The first kappa shape index (κ1) is 10.3. The highest BCUT2D eigenvalue weighted by atomic mass is 32.2. The van der Waals surface area contributed by atoms with Gasteiger partial charge in [-0.25, -0.2) is 4.79 Å². The van der Waals surface area contributed by atoms with Crippen molar-refractivity contribution in [1.29, 1.82) is 0 Å². The van der Waals surface area contributed by atoms with Crippen LogP contribution in [-0.4, -0.2) is 14.7 Å². The van der Waals surface area contributed by atoms with Crippen molar-refractivity contribution in [2.75, 3.05) is 0 Å². The molecule has 0 radical (unpaired) electrons. The minimum absolute atomic E-state index is 0.211. The molecule has 6 heteroatoms. The summed E-state index contributed by atoms with van der Waals surface area (Å²) in [7, 11) is 0. The van der Waals surface area contributed by atoms with Crippen LogP contribution in [0.25, 0.3) is 0 Å². The van der Waals surface area contributed by atoms with Crippen LogP contribution in [0.15, 0.2) is 12.2 Å². The molecular weight excluding hydrogens is 170 g/mol. The molecule has 64 valence electrons. The van der Waals surface area contributed by atoms with E-state index in [2.05, 4.69) is 11.4 Å². The summed E-state index contributed by atoms with van der Waals surface area (Å²) in [5.74, 6) is -0.767. The Morgan fingerprint density at radius 1 is 1.82 bits per heavy atom. The van der Waals surface area contributed by atoms with Gasteiger partial charge in [0, 0.05) is 5.57 Å². The van der Waals surface area contributed by atoms with Crippen LogP contribution in [0, 0.1) is 0 Å². The summed E-state index contributed by atoms with van der Waals surface area (Å²) in [6.07, 6.45) is 0.423. The van der Waals surface area contributed by atoms with E-state index in [4.69, 9.17) is 0 Å². The van der Waals surface area contributed by atoms with Crippen LogP contribution in [0.5, 0.6) is 0 Å². The van der Waals surface area contributed by atoms with E-state index in [1.165, 1.54) is 4.89 Å². The summed E-state index contributed by atoms with van der Waals surface area (Å²) in [4.78, 5) is 16.1. The van der Waals surface area contributed by atoms with Gasteiger partial charge in [-0.3, -0.25) is 4.21 Å². The first-order chi connectivity index (χ1) is 5.07. The lowest BCUT2D eigenvalue weighted by molar-refractivity contribution is -0.142. The van der Waals surface area contributed by atoms with E-state index in [9.17, 15) is 13.6 Å². The molecule has 0 saturated carbocycles. The van der Waals surface area contributed by atoms with Gasteiger partial charge in [0.15, 0.2) is 0 Å². The molecule has 0 aromatic carbocycles. The van der Waals surface area contributed by atoms with Crippen LogP contribution >= 0.6 is 0 Å². The second kappa shape index (κ2) is 5.00. The van der Waals surface area contributed by atoms with Gasteiger partial charge >= 0.3 is 5.97 Å². The Balaban J connectivity index is 3.70. The van der Waals surface area contributed by atoms with Crippen LogP contribution in [-0.2, 0) is 20.9 Å². The molecule has 1 atom stereocenters. The van der Waals surface area contributed by atoms with Crippen LogP contribution in [0.3, 0.4) is 0 Å². The minimum Gasteiger partial charge on any atom is -0.758 e. The second-order valence-electron chi connectivity index (χ2n) is 1.66. The Bertz CT molecular complexity index is 191. The summed E-state index contributed by atoms with van der Waals surface area (Å²) < 4.78 is 19.6. The van der Waals surface area contributed by atoms with Gasteiger partial charge in [-0.15, -0.1) is 0 Å². The fourth-order valence-corrected chi connectivity index (χ4v) is 0.432. The van der Waals surface area contributed by atoms with E-state index in [0.717, 1.165) is 0 Å². The van der Waals surface area contributed by atoms with Crippen molar-refractivity contribution >= 4 is 17.2 Å². The Morgan fingerprint density at radius 2 is 2.36 bits per heavy atom. The van der Waals surface area contributed by atoms with E-state index < -0.39 is 17.2 Å². The first-order valence-corrected chi connectivity index (χ1v) is 3.89. The molecule has 0 bridgehead atoms. The second-order valence-corrected chi connectivity index (χ2v) is 2.30. The standard InChI is InChI=1S/C5H9NO4S/c1-3-4(2)5(7)10-6-11(8)9/h6H,2-3H2,1H3,(H,8,9)/p-1. The third-order valence-corrected chi connectivity index (χ3v) is 1.14. The maximum Gasteiger partial charge on any atom is 0.352 e. The summed E-state index contributed by atoms with van der Waals surface area (Å²) in [6, 6.07) is 0. The lowest BCUT2D eigenvalue weighted by Crippen LogP contribution is -2.22. The molecule has 0 aliphatic rings. The molecule has 1 N–H and O–H groups in total. The molecule has 0 rings (SSSR count). The number of hydrogen-bond donors (Lipinski definition) is 1. The zero-order valence-corrected chi connectivity index (χ0v) is 6.77. The molecule has 0 aromatic rings. The molecule has 0 aliphatic carbocycles. The van der Waals surface area contributed by atoms with E-state index in [1.54, 1.807) is 6.92 Å². The van der Waals surface area contributed by atoms with Gasteiger partial charge in [-0.2, -0.15) is 0 Å². The maximum atomic E-state index is 10.6. The lowest BCUT2D eigenvalue weighted by Gasteiger charge is -2.06. The van der Waals surface area contributed by atoms with Crippen molar-refractivity contribution in [2.24, 2.45) is 0 Å². The normalized spacial score (nSPS) is 12.2. The predicted octanol–water partition coefficient (Wildman–Crippen LogP) is -0.205. The van der Waals surface area contributed by atoms with Crippen LogP contribution in [0.2, 0.25) is 0 Å². The molecule has 0 heterocycles. The third kappa shape index (κ3) is 4.65. The number of carbonyl (C=O) groups excluding carboxylic acids is 1. The number of nitrogens with one attached hydrogen (secondary N) is 1. The summed E-state index contributed by atoms with van der Waals surface area (Å²) in [5.41, 5.74) is 0.211. The number of rotatable bonds is 4. The van der Waals surface area contributed by atoms with E-state index >= 15 is 0 Å². The highest BCUT2D eigenvalue weighted by Gasteiger charge is 2.04. The van der Waals surface area contributed by atoms with Gasteiger partial charge in [0.1, 0.15) is 0 Å². The SMILES string of the molecule is C=C(CC)C(=O)ONS(=O)[O-]. The van der Waals surface area contributed by atoms with E-state index in [1.807, 2.05) is 0 Å². The highest BCUT2D eigenvalue weighted by Crippen LogP contribution is 1.97. The molecule has 1 unspecified atom stereocenters. The Labute approximate surface area is 66.8 Å². The molecule has 0 spiro atoms. The summed E-state index contributed by atoms with van der Waals surface area (Å²) in [6.45, 7) is 5.04. The molecule has 5 nitrogen and oxygen atoms in total. The monoisotopic (exact) mass is 178 g/mol. The predicted molar refractivity (Wildman–Crippen MR) is 37.6 cm³/mol. The molecule has 0 amide bonds. The Kier molecular flexibility index (Phi) is 4.67. The zero-order valence-electron chi connectivity index (χ0n) is 5.96. The molecule has 0 aromatic heterocycles. The van der Waals surface area contributed by atoms with Crippen molar-refractivity contribution in [1.82, 2.24) is 4.89 Å². The van der Waals surface area contributed by atoms with Gasteiger partial charge in [0.05, 0.1) is 11.3 Å². The van der Waals surface area contributed by atoms with Crippen molar-refractivity contribution in [3.05, 3.63) is 12.2 Å². The van der Waals surface area contributed by atoms with Crippen molar-refractivity contribution in [3.63, 3.8) is 0 Å². The smallest absolute Gasteiger partial charge is 0.352 e. The van der Waals surface area contributed by atoms with Crippen LogP contribution in [0.4, 0.5) is 0 Å². The van der Waals surface area contributed by atoms with Gasteiger partial charge < -0.3 is 9.39 Å². The summed E-state index contributed by atoms with van der Waals surface area (Å²) in [5, 5.41) is 0. The Morgan fingerprint density at radius 3 is 2.73 bits per heavy atom. The summed E-state index contributed by atoms with van der Waals surface area (Å²) >= 11 is -2.59. The average molecular weight is 178 g/mol. The maximum absolute atomic E-state index is 10.6. The fraction of sp³-hybridized carbons (Fsp3) is 0.400. The van der Waals surface area contributed by atoms with Gasteiger partial charge in [0.2, 0.25) is 0 Å². The zero-order chi connectivity index (χ0) is 8.85. The van der Waals surface area contributed by atoms with Gasteiger partial charge in [0.25, 0.3) is 0 Å². The van der Waals surface area contributed by atoms with Crippen molar-refractivity contribution < 1.29 is 18.4 Å². The molecule has 0 fully saturated rings. The van der Waals surface area contributed by atoms with E-state index in [0.29, 0.717) is 6.42 Å². The average Bonchev–Trinajstić information content (AvgIpc) is 1.98. The van der Waals surface area contributed by atoms with Gasteiger partial charge in [-0.05, 0) is 6.42 Å². The van der Waals surface area contributed by atoms with E-state index in [-0.39, 0.29) is 5.57 Å². The molecule has 0 aliphatic heterocycles. The van der Waals surface area contributed by atoms with Gasteiger partial charge in [-0.1, -0.05) is 18.4 Å². The molecule has 0 saturated heterocycles. The lowest BCUT2D eigenvalue weighted by atomic mass is 10.2. The van der Waals surface area contributed by atoms with Crippen molar-refractivity contribution in [3.8, 4) is 0 Å². The first-order valence-electron chi connectivity index (χ1n) is 2.81. The van der Waals surface area contributed by atoms with Crippen molar-refractivity contribution in [2.45, 2.75) is 13.3 Å². The molecular formula is C5H8NO4S-. The largest absolute Gasteiger partial charge is 0.758 e. The van der Waals surface area contributed by atoms with Crippen LogP contribution in [0.1, 0.15) is 13.3 Å². The topological polar surface area (TPSA) is 78.5 Å². The fourth-order valence-electron chi connectivity index (χ4n) is 0.288. The quantitative estimate of drug-likeness (QED) is 0.367. The number of carbonyl (C=O) groups is 1. The number of hydrogen-bond acceptors (Lipinski definition) is 4. The minimum atomic E-state index is -2.59. The highest BCUT2D eigenvalue weighted by molar-refractivity contribution is 7.76.